The van der Waals surface area contributed by atoms with E-state index in [0.717, 1.165) is 31.0 Å². The Labute approximate surface area is 87.4 Å². The summed E-state index contributed by atoms with van der Waals surface area (Å²) < 4.78 is 5.52. The molecule has 0 amide bonds. The van der Waals surface area contributed by atoms with Crippen molar-refractivity contribution in [2.75, 3.05) is 13.2 Å². The van der Waals surface area contributed by atoms with E-state index >= 15 is 0 Å². The maximum atomic E-state index is 5.52. The minimum Gasteiger partial charge on any atom is -0.377 e. The summed E-state index contributed by atoms with van der Waals surface area (Å²) in [5.74, 6) is 2.02. The van der Waals surface area contributed by atoms with Crippen LogP contribution in [-0.4, -0.2) is 25.3 Å². The molecule has 2 aliphatic carbocycles. The summed E-state index contributed by atoms with van der Waals surface area (Å²) in [7, 11) is 0. The molecule has 0 aliphatic heterocycles. The molecule has 4 unspecified atom stereocenters. The van der Waals surface area contributed by atoms with E-state index in [2.05, 4.69) is 19.2 Å². The zero-order chi connectivity index (χ0) is 9.97. The predicted octanol–water partition coefficient (Wildman–Crippen LogP) is 2.19. The number of ether oxygens (including phenoxy) is 1. The molecule has 4 atom stereocenters. The molecule has 2 rings (SSSR count). The van der Waals surface area contributed by atoms with E-state index in [-0.39, 0.29) is 0 Å². The lowest BCUT2D eigenvalue weighted by molar-refractivity contribution is 0.0721. The van der Waals surface area contributed by atoms with Crippen LogP contribution in [-0.2, 0) is 4.74 Å². The van der Waals surface area contributed by atoms with Crippen molar-refractivity contribution >= 4 is 0 Å². The van der Waals surface area contributed by atoms with Crippen molar-refractivity contribution < 1.29 is 4.74 Å². The van der Waals surface area contributed by atoms with E-state index < -0.39 is 0 Å². The van der Waals surface area contributed by atoms with Gasteiger partial charge in [-0.25, -0.2) is 0 Å². The monoisotopic (exact) mass is 197 g/mol. The molecular weight excluding hydrogens is 174 g/mol. The molecule has 1 N–H and O–H groups in total. The lowest BCUT2D eigenvalue weighted by Gasteiger charge is -2.24. The van der Waals surface area contributed by atoms with Crippen LogP contribution in [0.4, 0.5) is 0 Å². The second-order valence-electron chi connectivity index (χ2n) is 4.96. The highest BCUT2D eigenvalue weighted by atomic mass is 16.5. The lowest BCUT2D eigenvalue weighted by atomic mass is 9.95. The maximum Gasteiger partial charge on any atom is 0.0671 e. The van der Waals surface area contributed by atoms with Gasteiger partial charge in [-0.15, -0.1) is 0 Å². The van der Waals surface area contributed by atoms with Crippen LogP contribution < -0.4 is 5.32 Å². The highest BCUT2D eigenvalue weighted by molar-refractivity contribution is 4.94. The summed E-state index contributed by atoms with van der Waals surface area (Å²) >= 11 is 0. The fourth-order valence-corrected chi connectivity index (χ4v) is 3.16. The Kier molecular flexibility index (Phi) is 3.45. The topological polar surface area (TPSA) is 21.3 Å². The van der Waals surface area contributed by atoms with Gasteiger partial charge in [-0.1, -0.05) is 6.42 Å². The van der Waals surface area contributed by atoms with Gasteiger partial charge >= 0.3 is 0 Å². The fraction of sp³-hybridized carbons (Fsp3) is 1.00. The van der Waals surface area contributed by atoms with Crippen molar-refractivity contribution in [3.63, 3.8) is 0 Å². The smallest absolute Gasteiger partial charge is 0.0671 e. The van der Waals surface area contributed by atoms with Crippen molar-refractivity contribution in [1.82, 2.24) is 5.32 Å². The molecule has 2 heteroatoms. The summed E-state index contributed by atoms with van der Waals surface area (Å²) in [4.78, 5) is 0. The van der Waals surface area contributed by atoms with E-state index in [1.54, 1.807) is 0 Å². The normalized spacial score (nSPS) is 37.7. The number of fused-ring (bicyclic) bond motifs is 2. The molecule has 2 saturated carbocycles. The van der Waals surface area contributed by atoms with Crippen molar-refractivity contribution in [1.29, 1.82) is 0 Å². The predicted molar refractivity (Wildman–Crippen MR) is 58.3 cm³/mol. The Bertz CT molecular complexity index is 183. The third kappa shape index (κ3) is 2.29. The van der Waals surface area contributed by atoms with Crippen LogP contribution in [0.3, 0.4) is 0 Å². The number of hydrogen-bond acceptors (Lipinski definition) is 2. The van der Waals surface area contributed by atoms with Gasteiger partial charge in [0.25, 0.3) is 0 Å². The van der Waals surface area contributed by atoms with E-state index in [0.29, 0.717) is 6.10 Å². The summed E-state index contributed by atoms with van der Waals surface area (Å²) in [5.41, 5.74) is 0. The molecule has 0 radical (unpaired) electrons. The third-order valence-corrected chi connectivity index (χ3v) is 3.86. The first-order valence-corrected chi connectivity index (χ1v) is 6.14. The molecule has 0 heterocycles. The van der Waals surface area contributed by atoms with Crippen molar-refractivity contribution in [2.24, 2.45) is 11.8 Å². The Balaban J connectivity index is 1.66. The SMILES string of the molecule is CCOC(C)CNC1CC2CCC1C2. The van der Waals surface area contributed by atoms with Gasteiger partial charge < -0.3 is 10.1 Å². The minimum atomic E-state index is 0.374. The molecule has 2 bridgehead atoms. The average molecular weight is 197 g/mol. The molecule has 2 nitrogen and oxygen atoms in total. The molecule has 0 aromatic heterocycles. The molecule has 0 spiro atoms. The molecule has 2 fully saturated rings. The summed E-state index contributed by atoms with van der Waals surface area (Å²) in [6.07, 6.45) is 6.23. The minimum absolute atomic E-state index is 0.374. The molecule has 0 aromatic rings. The average Bonchev–Trinajstić information content (AvgIpc) is 2.76. The molecule has 2 aliphatic rings. The van der Waals surface area contributed by atoms with Gasteiger partial charge in [0.05, 0.1) is 6.10 Å². The molecular formula is C12H23NO. The Morgan fingerprint density at radius 2 is 2.21 bits per heavy atom. The van der Waals surface area contributed by atoms with Gasteiger partial charge in [-0.2, -0.15) is 0 Å². The van der Waals surface area contributed by atoms with Crippen molar-refractivity contribution in [3.8, 4) is 0 Å². The molecule has 82 valence electrons. The Hall–Kier alpha value is -0.0800. The third-order valence-electron chi connectivity index (χ3n) is 3.86. The fourth-order valence-electron chi connectivity index (χ4n) is 3.16. The van der Waals surface area contributed by atoms with E-state index in [1.165, 1.54) is 25.7 Å². The van der Waals surface area contributed by atoms with Crippen LogP contribution in [0.25, 0.3) is 0 Å². The Morgan fingerprint density at radius 3 is 2.79 bits per heavy atom. The number of hydrogen-bond donors (Lipinski definition) is 1. The summed E-state index contributed by atoms with van der Waals surface area (Å²) in [6, 6.07) is 0.802. The molecule has 14 heavy (non-hydrogen) atoms. The molecule has 0 aromatic carbocycles. The Morgan fingerprint density at radius 1 is 1.36 bits per heavy atom. The van der Waals surface area contributed by atoms with Crippen LogP contribution in [0.15, 0.2) is 0 Å². The standard InChI is InChI=1S/C12H23NO/c1-3-14-9(2)8-13-12-7-10-4-5-11(12)6-10/h9-13H,3-8H2,1-2H3. The zero-order valence-corrected chi connectivity index (χ0v) is 9.46. The van der Waals surface area contributed by atoms with Gasteiger partial charge in [0, 0.05) is 19.2 Å². The summed E-state index contributed by atoms with van der Waals surface area (Å²) in [6.45, 7) is 6.08. The van der Waals surface area contributed by atoms with Crippen LogP contribution in [0.1, 0.15) is 39.5 Å². The van der Waals surface area contributed by atoms with E-state index in [9.17, 15) is 0 Å². The summed E-state index contributed by atoms with van der Waals surface area (Å²) in [5, 5.41) is 3.67. The number of rotatable bonds is 5. The van der Waals surface area contributed by atoms with E-state index in [1.807, 2.05) is 0 Å². The first-order valence-electron chi connectivity index (χ1n) is 6.14. The van der Waals surface area contributed by atoms with Crippen LogP contribution in [0.5, 0.6) is 0 Å². The maximum absolute atomic E-state index is 5.52. The van der Waals surface area contributed by atoms with Gasteiger partial charge in [0.15, 0.2) is 0 Å². The first-order chi connectivity index (χ1) is 6.79. The van der Waals surface area contributed by atoms with Gasteiger partial charge in [0.2, 0.25) is 0 Å². The van der Waals surface area contributed by atoms with Crippen LogP contribution >= 0.6 is 0 Å². The second kappa shape index (κ2) is 4.63. The van der Waals surface area contributed by atoms with Crippen LogP contribution in [0, 0.1) is 11.8 Å². The lowest BCUT2D eigenvalue weighted by Crippen LogP contribution is -2.38. The van der Waals surface area contributed by atoms with Gasteiger partial charge in [0.1, 0.15) is 0 Å². The quantitative estimate of drug-likeness (QED) is 0.729. The first kappa shape index (κ1) is 10.4. The highest BCUT2D eigenvalue weighted by Gasteiger charge is 2.39. The van der Waals surface area contributed by atoms with Gasteiger partial charge in [-0.3, -0.25) is 0 Å². The van der Waals surface area contributed by atoms with E-state index in [4.69, 9.17) is 4.74 Å². The highest BCUT2D eigenvalue weighted by Crippen LogP contribution is 2.44. The van der Waals surface area contributed by atoms with Crippen LogP contribution in [0.2, 0.25) is 0 Å². The van der Waals surface area contributed by atoms with Gasteiger partial charge in [-0.05, 0) is 44.9 Å². The number of nitrogens with one attached hydrogen (secondary N) is 1. The largest absolute Gasteiger partial charge is 0.377 e. The molecule has 0 saturated heterocycles. The zero-order valence-electron chi connectivity index (χ0n) is 9.46. The second-order valence-corrected chi connectivity index (χ2v) is 4.96. The van der Waals surface area contributed by atoms with Crippen molar-refractivity contribution in [3.05, 3.63) is 0 Å². The van der Waals surface area contributed by atoms with Crippen molar-refractivity contribution in [2.45, 2.75) is 51.7 Å².